The van der Waals surface area contributed by atoms with Crippen molar-refractivity contribution in [2.24, 2.45) is 0 Å². The zero-order chi connectivity index (χ0) is 24.9. The fourth-order valence-corrected chi connectivity index (χ4v) is 5.57. The predicted octanol–water partition coefficient (Wildman–Crippen LogP) is 4.76. The Morgan fingerprint density at radius 2 is 2.06 bits per heavy atom. The number of thiophene rings is 1. The van der Waals surface area contributed by atoms with Crippen molar-refractivity contribution in [3.05, 3.63) is 69.6 Å². The number of anilines is 1. The van der Waals surface area contributed by atoms with Crippen molar-refractivity contribution in [1.82, 2.24) is 14.5 Å². The third kappa shape index (κ3) is 5.72. The monoisotopic (exact) mass is 491 g/mol. The molecule has 1 atom stereocenters. The van der Waals surface area contributed by atoms with E-state index in [2.05, 4.69) is 16.4 Å². The lowest BCUT2D eigenvalue weighted by Gasteiger charge is -2.26. The van der Waals surface area contributed by atoms with Gasteiger partial charge in [-0.1, -0.05) is 37.3 Å². The van der Waals surface area contributed by atoms with Crippen LogP contribution >= 0.6 is 11.3 Å². The minimum atomic E-state index is -0.376. The lowest BCUT2D eigenvalue weighted by Crippen LogP contribution is -2.36. The van der Waals surface area contributed by atoms with E-state index in [1.54, 1.807) is 4.90 Å². The number of rotatable bonds is 7. The molecule has 0 radical (unpaired) electrons. The Balaban J connectivity index is 1.35. The summed E-state index contributed by atoms with van der Waals surface area (Å²) in [6.45, 7) is 7.51. The van der Waals surface area contributed by atoms with Crippen molar-refractivity contribution in [1.29, 1.82) is 5.26 Å². The molecular formula is C26H29N5O3S. The number of benzene rings is 1. The molecule has 3 heterocycles. The number of hydrogen-bond donors (Lipinski definition) is 1. The Hall–Kier alpha value is -3.64. The maximum atomic E-state index is 12.7. The summed E-state index contributed by atoms with van der Waals surface area (Å²) in [5.74, 6) is 0.825. The second kappa shape index (κ2) is 10.7. The smallest absolute Gasteiger partial charge is 0.410 e. The van der Waals surface area contributed by atoms with Crippen LogP contribution in [0, 0.1) is 25.2 Å². The summed E-state index contributed by atoms with van der Waals surface area (Å²) in [5.41, 5.74) is 3.45. The Morgan fingerprint density at radius 1 is 1.29 bits per heavy atom. The standard InChI is InChI=1S/C26H29N5O3S/c1-17(20-7-5-4-6-8-20)13-24(32)29-25-22(14-27)21-9-10-31(16-23(21)35-25)26(33)34-12-11-30-15-18(2)28-19(30)3/h4-8,15,17H,9-13,16H2,1-3H3,(H,29,32). The molecule has 0 fully saturated rings. The van der Waals surface area contributed by atoms with E-state index in [1.807, 2.05) is 61.9 Å². The molecule has 35 heavy (non-hydrogen) atoms. The van der Waals surface area contributed by atoms with Crippen LogP contribution in [-0.4, -0.2) is 39.6 Å². The molecule has 0 saturated carbocycles. The molecule has 1 N–H and O–H groups in total. The van der Waals surface area contributed by atoms with Crippen molar-refractivity contribution in [3.63, 3.8) is 0 Å². The van der Waals surface area contributed by atoms with Gasteiger partial charge >= 0.3 is 6.09 Å². The topological polar surface area (TPSA) is 100 Å². The molecule has 2 aromatic heterocycles. The number of imidazole rings is 1. The van der Waals surface area contributed by atoms with Crippen LogP contribution in [0.5, 0.6) is 0 Å². The molecule has 0 aliphatic carbocycles. The molecule has 9 heteroatoms. The number of carbonyl (C=O) groups is 2. The SMILES string of the molecule is Cc1cn(CCOC(=O)N2CCc3c(sc(NC(=O)CC(C)c4ccccc4)c3C#N)C2)c(C)n1. The molecule has 3 aromatic rings. The first-order chi connectivity index (χ1) is 16.9. The van der Waals surface area contributed by atoms with Gasteiger partial charge in [-0.3, -0.25) is 4.79 Å². The van der Waals surface area contributed by atoms with Gasteiger partial charge in [0.15, 0.2) is 0 Å². The minimum absolute atomic E-state index is 0.0663. The Kier molecular flexibility index (Phi) is 7.51. The zero-order valence-electron chi connectivity index (χ0n) is 20.2. The Bertz CT molecular complexity index is 1260. The summed E-state index contributed by atoms with van der Waals surface area (Å²) < 4.78 is 7.45. The average Bonchev–Trinajstić information content (AvgIpc) is 3.36. The maximum Gasteiger partial charge on any atom is 0.410 e. The molecule has 0 saturated heterocycles. The molecule has 1 unspecified atom stereocenters. The molecule has 0 bridgehead atoms. The lowest BCUT2D eigenvalue weighted by molar-refractivity contribution is -0.116. The number of aryl methyl sites for hydroxylation is 2. The van der Waals surface area contributed by atoms with Crippen LogP contribution in [0.25, 0.3) is 0 Å². The second-order valence-corrected chi connectivity index (χ2v) is 9.90. The van der Waals surface area contributed by atoms with Crippen molar-refractivity contribution >= 4 is 28.3 Å². The molecular weight excluding hydrogens is 462 g/mol. The lowest BCUT2D eigenvalue weighted by atomic mass is 9.97. The third-order valence-corrected chi connectivity index (χ3v) is 7.33. The van der Waals surface area contributed by atoms with E-state index in [1.165, 1.54) is 11.3 Å². The van der Waals surface area contributed by atoms with Crippen LogP contribution in [0.4, 0.5) is 9.80 Å². The van der Waals surface area contributed by atoms with Gasteiger partial charge in [-0.25, -0.2) is 9.78 Å². The first-order valence-electron chi connectivity index (χ1n) is 11.7. The van der Waals surface area contributed by atoms with Gasteiger partial charge < -0.3 is 19.5 Å². The van der Waals surface area contributed by atoms with Crippen LogP contribution in [0.2, 0.25) is 0 Å². The van der Waals surface area contributed by atoms with Crippen molar-refractivity contribution in [2.45, 2.75) is 52.6 Å². The van der Waals surface area contributed by atoms with Crippen LogP contribution in [0.1, 0.15) is 52.3 Å². The first-order valence-corrected chi connectivity index (χ1v) is 12.5. The summed E-state index contributed by atoms with van der Waals surface area (Å²) in [4.78, 5) is 32.3. The molecule has 1 aromatic carbocycles. The average molecular weight is 492 g/mol. The van der Waals surface area contributed by atoms with E-state index in [-0.39, 0.29) is 24.5 Å². The number of carbonyl (C=O) groups excluding carboxylic acids is 2. The number of amides is 2. The van der Waals surface area contributed by atoms with Gasteiger partial charge in [0.25, 0.3) is 0 Å². The summed E-state index contributed by atoms with van der Waals surface area (Å²) in [6.07, 6.45) is 2.44. The predicted molar refractivity (Wildman–Crippen MR) is 134 cm³/mol. The van der Waals surface area contributed by atoms with E-state index in [0.29, 0.717) is 43.0 Å². The van der Waals surface area contributed by atoms with Crippen molar-refractivity contribution in [3.8, 4) is 6.07 Å². The van der Waals surface area contributed by atoms with Gasteiger partial charge in [-0.05, 0) is 37.3 Å². The number of nitriles is 1. The zero-order valence-corrected chi connectivity index (χ0v) is 21.0. The van der Waals surface area contributed by atoms with Gasteiger partial charge in [0.2, 0.25) is 5.91 Å². The molecule has 2 amide bonds. The van der Waals surface area contributed by atoms with Crippen LogP contribution in [0.15, 0.2) is 36.5 Å². The number of nitrogens with zero attached hydrogens (tertiary/aromatic N) is 4. The molecule has 4 rings (SSSR count). The highest BCUT2D eigenvalue weighted by Gasteiger charge is 2.28. The highest BCUT2D eigenvalue weighted by atomic mass is 32.1. The highest BCUT2D eigenvalue weighted by molar-refractivity contribution is 7.16. The normalized spacial score (nSPS) is 13.6. The van der Waals surface area contributed by atoms with Crippen molar-refractivity contribution < 1.29 is 14.3 Å². The largest absolute Gasteiger partial charge is 0.448 e. The highest BCUT2D eigenvalue weighted by Crippen LogP contribution is 2.37. The Morgan fingerprint density at radius 3 is 2.74 bits per heavy atom. The number of aromatic nitrogens is 2. The quantitative estimate of drug-likeness (QED) is 0.514. The molecule has 0 spiro atoms. The summed E-state index contributed by atoms with van der Waals surface area (Å²) in [7, 11) is 0. The maximum absolute atomic E-state index is 12.7. The van der Waals surface area contributed by atoms with Crippen molar-refractivity contribution in [2.75, 3.05) is 18.5 Å². The van der Waals surface area contributed by atoms with E-state index >= 15 is 0 Å². The summed E-state index contributed by atoms with van der Waals surface area (Å²) in [5, 5.41) is 13.2. The molecule has 182 valence electrons. The summed E-state index contributed by atoms with van der Waals surface area (Å²) >= 11 is 1.37. The van der Waals surface area contributed by atoms with E-state index in [9.17, 15) is 14.9 Å². The molecule has 1 aliphatic heterocycles. The molecule has 8 nitrogen and oxygen atoms in total. The van der Waals surface area contributed by atoms with E-state index in [0.717, 1.165) is 27.5 Å². The summed E-state index contributed by atoms with van der Waals surface area (Å²) in [6, 6.07) is 12.1. The van der Waals surface area contributed by atoms with E-state index in [4.69, 9.17) is 4.74 Å². The molecule has 1 aliphatic rings. The fraction of sp³-hybridized carbons (Fsp3) is 0.385. The van der Waals surface area contributed by atoms with Gasteiger partial charge in [-0.2, -0.15) is 5.26 Å². The first kappa shape index (κ1) is 24.5. The number of ether oxygens (including phenoxy) is 1. The van der Waals surface area contributed by atoms with Gasteiger partial charge in [0.05, 0.1) is 24.3 Å². The van der Waals surface area contributed by atoms with Crippen LogP contribution < -0.4 is 5.32 Å². The van der Waals surface area contributed by atoms with E-state index < -0.39 is 0 Å². The number of hydrogen-bond acceptors (Lipinski definition) is 6. The number of fused-ring (bicyclic) bond motifs is 1. The van der Waals surface area contributed by atoms with Crippen LogP contribution in [0.3, 0.4) is 0 Å². The van der Waals surface area contributed by atoms with Gasteiger partial charge in [0.1, 0.15) is 23.5 Å². The van der Waals surface area contributed by atoms with Gasteiger partial charge in [0, 0.05) is 24.0 Å². The number of nitrogens with one attached hydrogen (secondary N) is 1. The fourth-order valence-electron chi connectivity index (χ4n) is 4.34. The minimum Gasteiger partial charge on any atom is -0.448 e. The Labute approximate surface area is 209 Å². The second-order valence-electron chi connectivity index (χ2n) is 8.79. The van der Waals surface area contributed by atoms with Gasteiger partial charge in [-0.15, -0.1) is 11.3 Å². The van der Waals surface area contributed by atoms with Crippen LogP contribution in [-0.2, 0) is 29.0 Å². The third-order valence-electron chi connectivity index (χ3n) is 6.19.